The van der Waals surface area contributed by atoms with E-state index in [0.29, 0.717) is 5.41 Å². The van der Waals surface area contributed by atoms with Crippen LogP contribution < -0.4 is 5.73 Å². The van der Waals surface area contributed by atoms with Crippen molar-refractivity contribution in [2.24, 2.45) is 34.8 Å². The van der Waals surface area contributed by atoms with E-state index in [9.17, 15) is 0 Å². The van der Waals surface area contributed by atoms with Crippen molar-refractivity contribution in [2.45, 2.75) is 91.4 Å². The van der Waals surface area contributed by atoms with Gasteiger partial charge in [-0.15, -0.1) is 0 Å². The van der Waals surface area contributed by atoms with E-state index in [1.807, 2.05) is 11.1 Å². The third kappa shape index (κ3) is 3.38. The topological polar surface area (TPSA) is 26.0 Å². The fourth-order valence-electron chi connectivity index (χ4n) is 7.11. The molecule has 4 rings (SSSR count). The zero-order valence-corrected chi connectivity index (χ0v) is 17.2. The molecule has 0 aromatic heterocycles. The standard InChI is InChI=1S/C23H36.CH5N/c1-4-5-6-18-9-12-22-21-11-8-17-15-16(2)7-10-19(17)20(21)13-14-23(18,22)3;1-2/h7,18,20-22H,4-6,8-15H2,1-3H3;2H2,1H3. The van der Waals surface area contributed by atoms with Gasteiger partial charge in [0.2, 0.25) is 0 Å². The summed E-state index contributed by atoms with van der Waals surface area (Å²) < 4.78 is 0. The minimum Gasteiger partial charge on any atom is -0.333 e. The molecule has 0 amide bonds. The molecule has 0 bridgehead atoms. The third-order valence-corrected chi connectivity index (χ3v) is 8.38. The molecule has 5 atom stereocenters. The number of fused-ring (bicyclic) bond motifs is 4. The molecule has 1 heteroatoms. The van der Waals surface area contributed by atoms with Gasteiger partial charge in [0.25, 0.3) is 0 Å². The van der Waals surface area contributed by atoms with E-state index >= 15 is 0 Å². The Bertz CT molecular complexity index is 528. The van der Waals surface area contributed by atoms with Crippen LogP contribution in [0.1, 0.15) is 91.4 Å². The molecule has 0 radical (unpaired) electrons. The van der Waals surface area contributed by atoms with Gasteiger partial charge in [-0.05, 0) is 101 Å². The number of allylic oxidation sites excluding steroid dienone is 4. The Hall–Kier alpha value is -0.560. The van der Waals surface area contributed by atoms with Crippen molar-refractivity contribution in [1.82, 2.24) is 0 Å². The highest BCUT2D eigenvalue weighted by molar-refractivity contribution is 5.33. The molecule has 0 spiro atoms. The van der Waals surface area contributed by atoms with Crippen molar-refractivity contribution in [3.8, 4) is 0 Å². The summed E-state index contributed by atoms with van der Waals surface area (Å²) in [6, 6.07) is 0. The predicted octanol–water partition coefficient (Wildman–Crippen LogP) is 6.64. The van der Waals surface area contributed by atoms with Gasteiger partial charge in [0.1, 0.15) is 0 Å². The lowest BCUT2D eigenvalue weighted by atomic mass is 9.53. The number of rotatable bonds is 3. The molecule has 25 heavy (non-hydrogen) atoms. The molecule has 142 valence electrons. The van der Waals surface area contributed by atoms with Crippen molar-refractivity contribution in [3.63, 3.8) is 0 Å². The van der Waals surface area contributed by atoms with Crippen molar-refractivity contribution >= 4 is 0 Å². The molecule has 4 aliphatic rings. The zero-order chi connectivity index (χ0) is 18.0. The van der Waals surface area contributed by atoms with E-state index in [1.165, 1.54) is 71.3 Å². The first-order valence-electron chi connectivity index (χ1n) is 11.1. The molecular weight excluding hydrogens is 302 g/mol. The SMILES string of the molecule is CCCCC1CCC2C3CCC4=C(CC=C(C)C4)C3CCC12C.CN. The fourth-order valence-corrected chi connectivity index (χ4v) is 7.11. The average Bonchev–Trinajstić information content (AvgIpc) is 2.97. The lowest BCUT2D eigenvalue weighted by Gasteiger charge is -2.52. The second-order valence-electron chi connectivity index (χ2n) is 9.44. The lowest BCUT2D eigenvalue weighted by molar-refractivity contribution is 0.0116. The van der Waals surface area contributed by atoms with E-state index in [0.717, 1.165) is 23.7 Å². The Morgan fingerprint density at radius 3 is 2.72 bits per heavy atom. The molecule has 0 heterocycles. The van der Waals surface area contributed by atoms with Crippen LogP contribution in [-0.4, -0.2) is 7.05 Å². The summed E-state index contributed by atoms with van der Waals surface area (Å²) in [5.74, 6) is 4.08. The third-order valence-electron chi connectivity index (χ3n) is 8.38. The highest BCUT2D eigenvalue weighted by Crippen LogP contribution is 2.63. The van der Waals surface area contributed by atoms with Gasteiger partial charge < -0.3 is 5.73 Å². The van der Waals surface area contributed by atoms with Crippen molar-refractivity contribution in [2.75, 3.05) is 7.05 Å². The summed E-state index contributed by atoms with van der Waals surface area (Å²) in [6.45, 7) is 7.39. The summed E-state index contributed by atoms with van der Waals surface area (Å²) in [4.78, 5) is 0. The summed E-state index contributed by atoms with van der Waals surface area (Å²) in [5, 5.41) is 0. The normalized spacial score (nSPS) is 39.6. The maximum absolute atomic E-state index is 4.50. The highest BCUT2D eigenvalue weighted by Gasteiger charge is 2.54. The van der Waals surface area contributed by atoms with Crippen LogP contribution in [0.25, 0.3) is 0 Å². The van der Waals surface area contributed by atoms with Gasteiger partial charge in [-0.1, -0.05) is 49.5 Å². The lowest BCUT2D eigenvalue weighted by Crippen LogP contribution is -2.43. The van der Waals surface area contributed by atoms with Gasteiger partial charge in [0, 0.05) is 0 Å². The molecule has 2 fully saturated rings. The summed E-state index contributed by atoms with van der Waals surface area (Å²) in [6.07, 6.45) is 18.5. The molecular formula is C24H41N. The highest BCUT2D eigenvalue weighted by atomic mass is 14.6. The van der Waals surface area contributed by atoms with Crippen LogP contribution in [0.3, 0.4) is 0 Å². The fraction of sp³-hybridized carbons (Fsp3) is 0.833. The Kier molecular flexibility index (Phi) is 6.14. The monoisotopic (exact) mass is 343 g/mol. The van der Waals surface area contributed by atoms with Crippen LogP contribution in [-0.2, 0) is 0 Å². The summed E-state index contributed by atoms with van der Waals surface area (Å²) in [5.41, 5.74) is 10.6. The van der Waals surface area contributed by atoms with Gasteiger partial charge in [-0.2, -0.15) is 0 Å². The van der Waals surface area contributed by atoms with Gasteiger partial charge in [0.05, 0.1) is 0 Å². The molecule has 0 saturated heterocycles. The van der Waals surface area contributed by atoms with Gasteiger partial charge >= 0.3 is 0 Å². The largest absolute Gasteiger partial charge is 0.333 e. The Morgan fingerprint density at radius 2 is 1.96 bits per heavy atom. The molecule has 4 aliphatic carbocycles. The maximum atomic E-state index is 4.50. The predicted molar refractivity (Wildman–Crippen MR) is 109 cm³/mol. The van der Waals surface area contributed by atoms with Crippen molar-refractivity contribution < 1.29 is 0 Å². The molecule has 1 nitrogen and oxygen atoms in total. The molecule has 0 aromatic rings. The second-order valence-corrected chi connectivity index (χ2v) is 9.44. The quantitative estimate of drug-likeness (QED) is 0.571. The minimum atomic E-state index is 0.689. The van der Waals surface area contributed by atoms with E-state index in [-0.39, 0.29) is 0 Å². The number of hydrogen-bond acceptors (Lipinski definition) is 1. The van der Waals surface area contributed by atoms with Crippen molar-refractivity contribution in [3.05, 3.63) is 22.8 Å². The first kappa shape index (κ1) is 19.2. The first-order chi connectivity index (χ1) is 12.1. The van der Waals surface area contributed by atoms with Crippen LogP contribution in [0.2, 0.25) is 0 Å². The van der Waals surface area contributed by atoms with Gasteiger partial charge in [-0.3, -0.25) is 0 Å². The van der Waals surface area contributed by atoms with E-state index < -0.39 is 0 Å². The van der Waals surface area contributed by atoms with E-state index in [4.69, 9.17) is 0 Å². The molecule has 2 N–H and O–H groups in total. The maximum Gasteiger partial charge on any atom is -0.0108 e. The number of hydrogen-bond donors (Lipinski definition) is 1. The van der Waals surface area contributed by atoms with Crippen LogP contribution >= 0.6 is 0 Å². The summed E-state index contributed by atoms with van der Waals surface area (Å²) >= 11 is 0. The first-order valence-corrected chi connectivity index (χ1v) is 11.1. The van der Waals surface area contributed by atoms with Crippen LogP contribution in [0.5, 0.6) is 0 Å². The molecule has 0 aromatic carbocycles. The molecule has 2 saturated carbocycles. The van der Waals surface area contributed by atoms with Gasteiger partial charge in [0.15, 0.2) is 0 Å². The van der Waals surface area contributed by atoms with Crippen LogP contribution in [0.15, 0.2) is 22.8 Å². The van der Waals surface area contributed by atoms with Crippen LogP contribution in [0.4, 0.5) is 0 Å². The number of unbranched alkanes of at least 4 members (excludes halogenated alkanes) is 1. The van der Waals surface area contributed by atoms with Crippen molar-refractivity contribution in [1.29, 1.82) is 0 Å². The molecule has 0 aliphatic heterocycles. The Balaban J connectivity index is 0.000000880. The molecule has 5 unspecified atom stereocenters. The average molecular weight is 344 g/mol. The number of nitrogens with two attached hydrogens (primary N) is 1. The van der Waals surface area contributed by atoms with Gasteiger partial charge in [-0.25, -0.2) is 0 Å². The Morgan fingerprint density at radius 1 is 1.16 bits per heavy atom. The van der Waals surface area contributed by atoms with Crippen LogP contribution in [0, 0.1) is 29.1 Å². The Labute approximate surface area is 156 Å². The smallest absolute Gasteiger partial charge is 0.0108 e. The summed E-state index contributed by atoms with van der Waals surface area (Å²) in [7, 11) is 1.50. The second kappa shape index (κ2) is 7.99. The zero-order valence-electron chi connectivity index (χ0n) is 17.2. The van der Waals surface area contributed by atoms with E-state index in [2.05, 4.69) is 32.6 Å². The minimum absolute atomic E-state index is 0.689. The van der Waals surface area contributed by atoms with E-state index in [1.54, 1.807) is 12.0 Å².